The van der Waals surface area contributed by atoms with Gasteiger partial charge in [-0.05, 0) is 12.8 Å². The van der Waals surface area contributed by atoms with Crippen molar-refractivity contribution in [1.82, 2.24) is 0 Å². The summed E-state index contributed by atoms with van der Waals surface area (Å²) in [5.74, 6) is -2.47. The Labute approximate surface area is 110 Å². The molecule has 1 aliphatic rings. The highest BCUT2D eigenvalue weighted by molar-refractivity contribution is 5.87. The van der Waals surface area contributed by atoms with E-state index in [4.69, 9.17) is 15.6 Å². The van der Waals surface area contributed by atoms with Crippen molar-refractivity contribution in [2.75, 3.05) is 0 Å². The number of carbonyl (C=O) groups is 3. The summed E-state index contributed by atoms with van der Waals surface area (Å²) in [5, 5.41) is 24.3. The SMILES string of the molecule is N#CCC(=O)OC(=O)CC#N.O=C(O)C1CCCC1. The minimum Gasteiger partial charge on any atom is -0.481 e. The Morgan fingerprint density at radius 2 is 1.47 bits per heavy atom. The van der Waals surface area contributed by atoms with Gasteiger partial charge in [0, 0.05) is 0 Å². The number of esters is 2. The van der Waals surface area contributed by atoms with Crippen LogP contribution in [0.3, 0.4) is 0 Å². The summed E-state index contributed by atoms with van der Waals surface area (Å²) in [6, 6.07) is 3.01. The number of carboxylic acid groups (broad SMARTS) is 1. The predicted octanol–water partition coefficient (Wildman–Crippen LogP) is 1.14. The summed E-state index contributed by atoms with van der Waals surface area (Å²) in [5.41, 5.74) is 0. The molecule has 0 atom stereocenters. The summed E-state index contributed by atoms with van der Waals surface area (Å²) in [7, 11) is 0. The van der Waals surface area contributed by atoms with Gasteiger partial charge in [-0.1, -0.05) is 12.8 Å². The van der Waals surface area contributed by atoms with Crippen LogP contribution in [0.15, 0.2) is 0 Å². The zero-order chi connectivity index (χ0) is 14.7. The van der Waals surface area contributed by atoms with E-state index < -0.39 is 30.7 Å². The molecule has 0 saturated heterocycles. The summed E-state index contributed by atoms with van der Waals surface area (Å²) in [6.45, 7) is 0. The molecule has 0 aromatic carbocycles. The van der Waals surface area contributed by atoms with Gasteiger partial charge >= 0.3 is 17.9 Å². The van der Waals surface area contributed by atoms with Crippen LogP contribution in [0.2, 0.25) is 0 Å². The van der Waals surface area contributed by atoms with Crippen molar-refractivity contribution in [3.05, 3.63) is 0 Å². The molecule has 0 spiro atoms. The van der Waals surface area contributed by atoms with E-state index in [1.165, 1.54) is 12.1 Å². The molecular formula is C12H14N2O5. The largest absolute Gasteiger partial charge is 0.481 e. The zero-order valence-corrected chi connectivity index (χ0v) is 10.3. The van der Waals surface area contributed by atoms with Gasteiger partial charge in [-0.2, -0.15) is 10.5 Å². The third kappa shape index (κ3) is 8.33. The maximum Gasteiger partial charge on any atom is 0.327 e. The molecule has 0 amide bonds. The van der Waals surface area contributed by atoms with Crippen molar-refractivity contribution in [2.45, 2.75) is 38.5 Å². The summed E-state index contributed by atoms with van der Waals surface area (Å²) >= 11 is 0. The Kier molecular flexibility index (Phi) is 8.38. The topological polar surface area (TPSA) is 128 Å². The van der Waals surface area contributed by atoms with Gasteiger partial charge < -0.3 is 9.84 Å². The molecule has 7 nitrogen and oxygen atoms in total. The minimum atomic E-state index is -0.923. The number of carbonyl (C=O) groups excluding carboxylic acids is 2. The molecule has 0 unspecified atom stereocenters. The van der Waals surface area contributed by atoms with Gasteiger partial charge in [-0.15, -0.1) is 0 Å². The second kappa shape index (κ2) is 9.60. The first-order valence-corrected chi connectivity index (χ1v) is 5.71. The number of aliphatic carboxylic acids is 1. The standard InChI is InChI=1S/C6H4N2O3.C6H10O2/c7-3-1-5(9)11-6(10)2-4-8;7-6(8)5-3-1-2-4-5/h1-2H2;5H,1-4H2,(H,7,8). The van der Waals surface area contributed by atoms with E-state index in [1.54, 1.807) is 0 Å². The Morgan fingerprint density at radius 1 is 1.05 bits per heavy atom. The third-order valence-electron chi connectivity index (χ3n) is 2.38. The molecule has 7 heteroatoms. The van der Waals surface area contributed by atoms with Gasteiger partial charge in [0.15, 0.2) is 0 Å². The van der Waals surface area contributed by atoms with Gasteiger partial charge in [0.05, 0.1) is 18.1 Å². The van der Waals surface area contributed by atoms with Crippen molar-refractivity contribution in [3.8, 4) is 12.1 Å². The lowest BCUT2D eigenvalue weighted by Crippen LogP contribution is -2.10. The second-order valence-electron chi connectivity index (χ2n) is 3.84. The quantitative estimate of drug-likeness (QED) is 0.599. The first kappa shape index (κ1) is 16.6. The predicted molar refractivity (Wildman–Crippen MR) is 61.2 cm³/mol. The van der Waals surface area contributed by atoms with E-state index in [1.807, 2.05) is 0 Å². The van der Waals surface area contributed by atoms with Gasteiger partial charge in [0.1, 0.15) is 12.8 Å². The third-order valence-corrected chi connectivity index (χ3v) is 2.38. The molecule has 1 fully saturated rings. The van der Waals surface area contributed by atoms with E-state index >= 15 is 0 Å². The van der Waals surface area contributed by atoms with Crippen molar-refractivity contribution >= 4 is 17.9 Å². The molecule has 102 valence electrons. The van der Waals surface area contributed by atoms with Crippen LogP contribution in [0.5, 0.6) is 0 Å². The monoisotopic (exact) mass is 266 g/mol. The number of nitrogens with zero attached hydrogens (tertiary/aromatic N) is 2. The molecule has 0 heterocycles. The van der Waals surface area contributed by atoms with Gasteiger partial charge in [0.25, 0.3) is 0 Å². The van der Waals surface area contributed by atoms with Gasteiger partial charge in [-0.3, -0.25) is 14.4 Å². The summed E-state index contributed by atoms with van der Waals surface area (Å²) in [4.78, 5) is 30.9. The van der Waals surface area contributed by atoms with Crippen LogP contribution in [0.25, 0.3) is 0 Å². The number of hydrogen-bond donors (Lipinski definition) is 1. The Hall–Kier alpha value is -2.41. The Morgan fingerprint density at radius 3 is 1.74 bits per heavy atom. The molecular weight excluding hydrogens is 252 g/mol. The lowest BCUT2D eigenvalue weighted by atomic mass is 10.1. The molecule has 1 rings (SSSR count). The van der Waals surface area contributed by atoms with E-state index in [0.29, 0.717) is 0 Å². The van der Waals surface area contributed by atoms with E-state index in [-0.39, 0.29) is 5.92 Å². The molecule has 0 aromatic rings. The summed E-state index contributed by atoms with van der Waals surface area (Å²) < 4.78 is 4.01. The molecule has 19 heavy (non-hydrogen) atoms. The first-order chi connectivity index (χ1) is 9.01. The zero-order valence-electron chi connectivity index (χ0n) is 10.3. The number of ether oxygens (including phenoxy) is 1. The number of rotatable bonds is 3. The number of nitriles is 2. The Bertz CT molecular complexity index is 387. The van der Waals surface area contributed by atoms with Crippen LogP contribution in [0.4, 0.5) is 0 Å². The fraction of sp³-hybridized carbons (Fsp3) is 0.583. The maximum absolute atomic E-state index is 10.4. The van der Waals surface area contributed by atoms with E-state index in [9.17, 15) is 14.4 Å². The highest BCUT2D eigenvalue weighted by Crippen LogP contribution is 2.24. The highest BCUT2D eigenvalue weighted by atomic mass is 16.6. The first-order valence-electron chi connectivity index (χ1n) is 5.71. The fourth-order valence-electron chi connectivity index (χ4n) is 1.50. The Balaban J connectivity index is 0.000000356. The van der Waals surface area contributed by atoms with Crippen molar-refractivity contribution in [2.24, 2.45) is 5.92 Å². The average Bonchev–Trinajstić information content (AvgIpc) is 2.83. The van der Waals surface area contributed by atoms with Crippen LogP contribution in [-0.2, 0) is 19.1 Å². The average molecular weight is 266 g/mol. The van der Waals surface area contributed by atoms with Crippen LogP contribution < -0.4 is 0 Å². The van der Waals surface area contributed by atoms with Crippen LogP contribution in [0.1, 0.15) is 38.5 Å². The normalized spacial score (nSPS) is 13.4. The van der Waals surface area contributed by atoms with Gasteiger partial charge in [0.2, 0.25) is 0 Å². The smallest absolute Gasteiger partial charge is 0.327 e. The number of hydrogen-bond acceptors (Lipinski definition) is 6. The maximum atomic E-state index is 10.4. The van der Waals surface area contributed by atoms with Crippen LogP contribution in [-0.4, -0.2) is 23.0 Å². The minimum absolute atomic E-state index is 0.0185. The highest BCUT2D eigenvalue weighted by Gasteiger charge is 2.21. The fourth-order valence-corrected chi connectivity index (χ4v) is 1.50. The molecule has 0 aromatic heterocycles. The van der Waals surface area contributed by atoms with E-state index in [2.05, 4.69) is 4.74 Å². The molecule has 1 aliphatic carbocycles. The van der Waals surface area contributed by atoms with Gasteiger partial charge in [-0.25, -0.2) is 0 Å². The second-order valence-corrected chi connectivity index (χ2v) is 3.84. The van der Waals surface area contributed by atoms with E-state index in [0.717, 1.165) is 25.7 Å². The van der Waals surface area contributed by atoms with Crippen molar-refractivity contribution in [1.29, 1.82) is 10.5 Å². The van der Waals surface area contributed by atoms with Crippen molar-refractivity contribution < 1.29 is 24.2 Å². The lowest BCUT2D eigenvalue weighted by Gasteiger charge is -1.97. The van der Waals surface area contributed by atoms with Crippen molar-refractivity contribution in [3.63, 3.8) is 0 Å². The molecule has 1 saturated carbocycles. The molecule has 1 N–H and O–H groups in total. The summed E-state index contributed by atoms with van der Waals surface area (Å²) in [6.07, 6.45) is 3.06. The van der Waals surface area contributed by atoms with Crippen LogP contribution in [0, 0.1) is 28.6 Å². The number of carboxylic acids is 1. The molecule has 0 radical (unpaired) electrons. The molecule has 0 aliphatic heterocycles. The molecule has 0 bridgehead atoms. The van der Waals surface area contributed by atoms with Crippen LogP contribution >= 0.6 is 0 Å². The lowest BCUT2D eigenvalue weighted by molar-refractivity contribution is -0.158.